The van der Waals surface area contributed by atoms with Gasteiger partial charge in [-0.2, -0.15) is 0 Å². The van der Waals surface area contributed by atoms with Crippen LogP contribution in [0, 0.1) is 0 Å². The van der Waals surface area contributed by atoms with E-state index < -0.39 is 0 Å². The van der Waals surface area contributed by atoms with E-state index in [0.717, 1.165) is 0 Å². The molecule has 0 unspecified atom stereocenters. The van der Waals surface area contributed by atoms with Gasteiger partial charge in [0.1, 0.15) is 0 Å². The lowest BCUT2D eigenvalue weighted by Gasteiger charge is -2.23. The molecule has 0 saturated carbocycles. The number of fused-ring (bicyclic) bond motifs is 20. The van der Waals surface area contributed by atoms with E-state index in [2.05, 4.69) is 220 Å². The summed E-state index contributed by atoms with van der Waals surface area (Å²) in [5, 5.41) is 23.5. The van der Waals surface area contributed by atoms with E-state index >= 15 is 0 Å². The van der Waals surface area contributed by atoms with Crippen molar-refractivity contribution in [3.63, 3.8) is 0 Å². The van der Waals surface area contributed by atoms with E-state index in [9.17, 15) is 0 Å². The summed E-state index contributed by atoms with van der Waals surface area (Å²) in [6.07, 6.45) is 0. The summed E-state index contributed by atoms with van der Waals surface area (Å²) in [4.78, 5) is 0. The Hall–Kier alpha value is -7.80. The molecule has 63 heavy (non-hydrogen) atoms. The van der Waals surface area contributed by atoms with Crippen LogP contribution in [0.3, 0.4) is 0 Å². The summed E-state index contributed by atoms with van der Waals surface area (Å²) in [5.41, 5.74) is 10.3. The lowest BCUT2D eigenvalue weighted by molar-refractivity contribution is 0.662. The quantitative estimate of drug-likeness (QED) is 0.153. The molecule has 0 amide bonds. The van der Waals surface area contributed by atoms with Crippen molar-refractivity contribution in [2.75, 3.05) is 0 Å². The standard InChI is InChI=1S/C63H40/c1-63(2)61-35-57-47-20-10-7-16-43(47)42-15-6-9-19-46(42)55(57)33-59(61)60-34-56-49-22-12-11-21-48(49)53-31-40(28-30-51(53)58(56)36-62(60)63)37-23-25-39(26-24-37)52-32-54-41-14-4-3-13-38(41)27-29-50(54)44-17-5-8-18-45(44)52/h3-36H,1-2H3. The van der Waals surface area contributed by atoms with Gasteiger partial charge in [-0.3, -0.25) is 0 Å². The number of benzene rings is 13. The van der Waals surface area contributed by atoms with Crippen LogP contribution in [-0.4, -0.2) is 0 Å². The van der Waals surface area contributed by atoms with Crippen molar-refractivity contribution in [3.8, 4) is 33.4 Å². The molecule has 0 heterocycles. The van der Waals surface area contributed by atoms with Gasteiger partial charge in [0.15, 0.2) is 0 Å². The summed E-state index contributed by atoms with van der Waals surface area (Å²) in [5.74, 6) is 0. The van der Waals surface area contributed by atoms with E-state index in [0.29, 0.717) is 0 Å². The average molecular weight is 797 g/mol. The molecule has 0 saturated heterocycles. The molecule has 0 bridgehead atoms. The third-order valence-electron chi connectivity index (χ3n) is 14.8. The summed E-state index contributed by atoms with van der Waals surface area (Å²) >= 11 is 0. The summed E-state index contributed by atoms with van der Waals surface area (Å²) in [7, 11) is 0. The highest BCUT2D eigenvalue weighted by atomic mass is 14.4. The molecule has 13 aromatic carbocycles. The van der Waals surface area contributed by atoms with Crippen molar-refractivity contribution >= 4 is 97.0 Å². The second kappa shape index (κ2) is 12.6. The van der Waals surface area contributed by atoms with Crippen LogP contribution in [0.5, 0.6) is 0 Å². The third-order valence-corrected chi connectivity index (χ3v) is 14.8. The highest BCUT2D eigenvalue weighted by Gasteiger charge is 2.37. The molecular formula is C63H40. The molecule has 13 aromatic rings. The minimum Gasteiger partial charge on any atom is -0.0616 e. The summed E-state index contributed by atoms with van der Waals surface area (Å²) in [6.45, 7) is 4.85. The second-order valence-corrected chi connectivity index (χ2v) is 18.3. The highest BCUT2D eigenvalue weighted by Crippen LogP contribution is 2.54. The van der Waals surface area contributed by atoms with E-state index in [1.54, 1.807) is 0 Å². The Morgan fingerprint density at radius 1 is 0.222 bits per heavy atom. The fraction of sp³-hybridized carbons (Fsp3) is 0.0476. The maximum Gasteiger partial charge on any atom is 0.0159 e. The SMILES string of the molecule is CC1(C)c2cc3c4ccccc4c4ccccc4c3cc2-c2cc3c4ccccc4c4cc(-c5ccc(-c6cc7c8ccccc8ccc7c7ccccc67)cc5)ccc4c3cc21. The lowest BCUT2D eigenvalue weighted by Crippen LogP contribution is -2.15. The Bertz CT molecular complexity index is 4150. The van der Waals surface area contributed by atoms with Gasteiger partial charge in [0, 0.05) is 5.41 Å². The number of rotatable bonds is 2. The van der Waals surface area contributed by atoms with Gasteiger partial charge in [0.2, 0.25) is 0 Å². The minimum atomic E-state index is -0.164. The number of hydrogen-bond acceptors (Lipinski definition) is 0. The van der Waals surface area contributed by atoms with Crippen LogP contribution in [0.1, 0.15) is 25.0 Å². The molecule has 0 fully saturated rings. The van der Waals surface area contributed by atoms with Gasteiger partial charge >= 0.3 is 0 Å². The molecule has 0 spiro atoms. The van der Waals surface area contributed by atoms with Gasteiger partial charge in [-0.25, -0.2) is 0 Å². The molecule has 0 atom stereocenters. The van der Waals surface area contributed by atoms with Crippen molar-refractivity contribution < 1.29 is 0 Å². The zero-order valence-corrected chi connectivity index (χ0v) is 35.1. The molecule has 292 valence electrons. The van der Waals surface area contributed by atoms with Crippen molar-refractivity contribution in [2.24, 2.45) is 0 Å². The largest absolute Gasteiger partial charge is 0.0616 e. The minimum absolute atomic E-state index is 0.164. The zero-order valence-electron chi connectivity index (χ0n) is 35.1. The topological polar surface area (TPSA) is 0 Å². The van der Waals surface area contributed by atoms with Crippen molar-refractivity contribution in [2.45, 2.75) is 19.3 Å². The first-order valence-corrected chi connectivity index (χ1v) is 22.2. The second-order valence-electron chi connectivity index (χ2n) is 18.3. The van der Waals surface area contributed by atoms with Crippen LogP contribution < -0.4 is 0 Å². The van der Waals surface area contributed by atoms with Gasteiger partial charge in [0.05, 0.1) is 0 Å². The van der Waals surface area contributed by atoms with Crippen LogP contribution in [0.15, 0.2) is 206 Å². The zero-order chi connectivity index (χ0) is 41.6. The molecule has 0 heteroatoms. The van der Waals surface area contributed by atoms with Crippen molar-refractivity contribution in [3.05, 3.63) is 217 Å². The van der Waals surface area contributed by atoms with Crippen LogP contribution >= 0.6 is 0 Å². The fourth-order valence-corrected chi connectivity index (χ4v) is 11.7. The molecular weight excluding hydrogens is 757 g/mol. The normalized spacial score (nSPS) is 13.4. The van der Waals surface area contributed by atoms with E-state index in [4.69, 9.17) is 0 Å². The van der Waals surface area contributed by atoms with Crippen LogP contribution in [0.4, 0.5) is 0 Å². The van der Waals surface area contributed by atoms with Gasteiger partial charge in [0.25, 0.3) is 0 Å². The van der Waals surface area contributed by atoms with Gasteiger partial charge in [-0.05, 0) is 178 Å². The molecule has 0 aliphatic heterocycles. The molecule has 0 N–H and O–H groups in total. The highest BCUT2D eigenvalue weighted by molar-refractivity contribution is 6.29. The fourth-order valence-electron chi connectivity index (χ4n) is 11.7. The van der Waals surface area contributed by atoms with Gasteiger partial charge < -0.3 is 0 Å². The smallest absolute Gasteiger partial charge is 0.0159 e. The Balaban J connectivity index is 0.932. The molecule has 0 nitrogen and oxygen atoms in total. The van der Waals surface area contributed by atoms with E-state index in [1.165, 1.54) is 141 Å². The first kappa shape index (κ1) is 34.9. The maximum atomic E-state index is 2.53. The van der Waals surface area contributed by atoms with Crippen LogP contribution in [0.25, 0.3) is 130 Å². The van der Waals surface area contributed by atoms with Crippen LogP contribution in [0.2, 0.25) is 0 Å². The molecule has 1 aliphatic rings. The Kier molecular flexibility index (Phi) is 6.99. The molecule has 1 aliphatic carbocycles. The van der Waals surface area contributed by atoms with E-state index in [-0.39, 0.29) is 5.41 Å². The lowest BCUT2D eigenvalue weighted by atomic mass is 9.80. The van der Waals surface area contributed by atoms with Crippen molar-refractivity contribution in [1.29, 1.82) is 0 Å². The summed E-state index contributed by atoms with van der Waals surface area (Å²) < 4.78 is 0. The first-order chi connectivity index (χ1) is 31.0. The first-order valence-electron chi connectivity index (χ1n) is 22.2. The van der Waals surface area contributed by atoms with E-state index in [1.807, 2.05) is 0 Å². The Morgan fingerprint density at radius 2 is 0.556 bits per heavy atom. The predicted molar refractivity (Wildman–Crippen MR) is 272 cm³/mol. The Labute approximate surface area is 365 Å². The third kappa shape index (κ3) is 4.81. The summed E-state index contributed by atoms with van der Waals surface area (Å²) in [6, 6.07) is 77.9. The molecule has 14 rings (SSSR count). The van der Waals surface area contributed by atoms with Crippen LogP contribution in [-0.2, 0) is 5.41 Å². The predicted octanol–water partition coefficient (Wildman–Crippen LogP) is 17.7. The van der Waals surface area contributed by atoms with Crippen molar-refractivity contribution in [1.82, 2.24) is 0 Å². The van der Waals surface area contributed by atoms with Gasteiger partial charge in [-0.1, -0.05) is 184 Å². The average Bonchev–Trinajstić information content (AvgIpc) is 3.56. The number of hydrogen-bond donors (Lipinski definition) is 0. The molecule has 0 aromatic heterocycles. The monoisotopic (exact) mass is 796 g/mol. The maximum absolute atomic E-state index is 2.53. The molecule has 0 radical (unpaired) electrons. The Morgan fingerprint density at radius 3 is 1.11 bits per heavy atom. The van der Waals surface area contributed by atoms with Gasteiger partial charge in [-0.15, -0.1) is 0 Å².